The first kappa shape index (κ1) is 27.4. The van der Waals surface area contributed by atoms with Crippen LogP contribution < -0.4 is 10.6 Å². The van der Waals surface area contributed by atoms with Crippen LogP contribution in [0.5, 0.6) is 0 Å². The summed E-state index contributed by atoms with van der Waals surface area (Å²) in [6.07, 6.45) is -7.27. The summed E-state index contributed by atoms with van der Waals surface area (Å²) in [5.74, 6) is -0.379. The van der Waals surface area contributed by atoms with Crippen LogP contribution in [0, 0.1) is 0 Å². The second kappa shape index (κ2) is 10.6. The first-order chi connectivity index (χ1) is 17.4. The molecular formula is C27H31F6N3O. The van der Waals surface area contributed by atoms with Crippen LogP contribution in [0.25, 0.3) is 0 Å². The van der Waals surface area contributed by atoms with Crippen LogP contribution in [-0.4, -0.2) is 43.0 Å². The van der Waals surface area contributed by atoms with E-state index in [2.05, 4.69) is 15.5 Å². The van der Waals surface area contributed by atoms with E-state index in [1.165, 1.54) is 6.92 Å². The third kappa shape index (κ3) is 6.12. The molecule has 1 heterocycles. The minimum atomic E-state index is -4.95. The van der Waals surface area contributed by atoms with Crippen molar-refractivity contribution in [3.05, 3.63) is 70.8 Å². The number of piperazine rings is 1. The number of benzene rings is 2. The summed E-state index contributed by atoms with van der Waals surface area (Å²) in [5.41, 5.74) is -3.14. The summed E-state index contributed by atoms with van der Waals surface area (Å²) >= 11 is 0. The molecule has 202 valence electrons. The Kier molecular flexibility index (Phi) is 7.90. The number of hydrogen-bond donors (Lipinski definition) is 2. The summed E-state index contributed by atoms with van der Waals surface area (Å²) in [6, 6.07) is 9.96. The second-order valence-corrected chi connectivity index (χ2v) is 10.00. The van der Waals surface area contributed by atoms with E-state index in [1.54, 1.807) is 0 Å². The van der Waals surface area contributed by atoms with Crippen molar-refractivity contribution < 1.29 is 31.1 Å². The fraction of sp³-hybridized carbons (Fsp3) is 0.519. The molecule has 2 aromatic rings. The molecule has 4 nitrogen and oxygen atoms in total. The number of alkyl halides is 6. The molecular weight excluding hydrogens is 496 g/mol. The molecule has 1 atom stereocenters. The maximum absolute atomic E-state index is 13.8. The van der Waals surface area contributed by atoms with Gasteiger partial charge in [0.1, 0.15) is 0 Å². The maximum atomic E-state index is 13.8. The number of carbonyl (C=O) groups excluding carboxylic acids is 1. The lowest BCUT2D eigenvalue weighted by atomic mass is 9.67. The van der Waals surface area contributed by atoms with Crippen molar-refractivity contribution in [2.45, 2.75) is 62.5 Å². The molecule has 0 bridgehead atoms. The minimum absolute atomic E-state index is 0.0981. The molecule has 1 saturated carbocycles. The third-order valence-electron chi connectivity index (χ3n) is 7.70. The van der Waals surface area contributed by atoms with Gasteiger partial charge in [-0.25, -0.2) is 0 Å². The smallest absolute Gasteiger partial charge is 0.349 e. The van der Waals surface area contributed by atoms with Gasteiger partial charge in [0, 0.05) is 32.2 Å². The van der Waals surface area contributed by atoms with Crippen molar-refractivity contribution in [3.8, 4) is 0 Å². The van der Waals surface area contributed by atoms with Gasteiger partial charge in [0.15, 0.2) is 0 Å². The zero-order valence-electron chi connectivity index (χ0n) is 20.6. The van der Waals surface area contributed by atoms with E-state index in [0.29, 0.717) is 31.0 Å². The normalized spacial score (nSPS) is 24.5. The summed E-state index contributed by atoms with van der Waals surface area (Å²) in [4.78, 5) is 16.2. The van der Waals surface area contributed by atoms with Crippen molar-refractivity contribution in [1.29, 1.82) is 0 Å². The number of nitrogens with one attached hydrogen (secondary N) is 2. The zero-order chi connectivity index (χ0) is 26.8. The first-order valence-corrected chi connectivity index (χ1v) is 12.5. The highest BCUT2D eigenvalue weighted by Gasteiger charge is 2.45. The van der Waals surface area contributed by atoms with E-state index in [1.807, 2.05) is 30.3 Å². The average Bonchev–Trinajstić information content (AvgIpc) is 2.88. The Bertz CT molecular complexity index is 1040. The second-order valence-electron chi connectivity index (χ2n) is 10.00. The standard InChI is InChI=1S/C27H31F6N3O/c1-18(19-15-21(26(28,29)30)17-22(16-19)27(31,32)33)35-24(37)25(20-5-3-2-4-6-20)9-7-23(8-10-25)36-13-11-34-12-14-36/h2-6,15-18,23,34H,7-14H2,1H3,(H,35,37). The number of nitrogens with zero attached hydrogens (tertiary/aromatic N) is 1. The monoisotopic (exact) mass is 527 g/mol. The topological polar surface area (TPSA) is 44.4 Å². The lowest BCUT2D eigenvalue weighted by Crippen LogP contribution is -2.53. The molecule has 0 aromatic heterocycles. The van der Waals surface area contributed by atoms with Gasteiger partial charge in [-0.2, -0.15) is 26.3 Å². The van der Waals surface area contributed by atoms with Gasteiger partial charge in [-0.3, -0.25) is 9.69 Å². The van der Waals surface area contributed by atoms with Crippen LogP contribution in [0.15, 0.2) is 48.5 Å². The summed E-state index contributed by atoms with van der Waals surface area (Å²) in [7, 11) is 0. The molecule has 2 aliphatic rings. The van der Waals surface area contributed by atoms with Crippen LogP contribution in [0.4, 0.5) is 26.3 Å². The largest absolute Gasteiger partial charge is 0.416 e. The van der Waals surface area contributed by atoms with Gasteiger partial charge in [-0.05, 0) is 61.9 Å². The summed E-state index contributed by atoms with van der Waals surface area (Å²) in [6.45, 7) is 5.11. The minimum Gasteiger partial charge on any atom is -0.349 e. The van der Waals surface area contributed by atoms with Crippen LogP contribution in [0.3, 0.4) is 0 Å². The lowest BCUT2D eigenvalue weighted by molar-refractivity contribution is -0.143. The van der Waals surface area contributed by atoms with Crippen molar-refractivity contribution in [3.63, 3.8) is 0 Å². The number of halogens is 6. The quantitative estimate of drug-likeness (QED) is 0.492. The van der Waals surface area contributed by atoms with E-state index in [9.17, 15) is 31.1 Å². The van der Waals surface area contributed by atoms with Gasteiger partial charge in [0.05, 0.1) is 22.6 Å². The Morgan fingerprint density at radius 3 is 2.00 bits per heavy atom. The Morgan fingerprint density at radius 1 is 0.946 bits per heavy atom. The average molecular weight is 528 g/mol. The summed E-state index contributed by atoms with van der Waals surface area (Å²) < 4.78 is 80.2. The van der Waals surface area contributed by atoms with Crippen molar-refractivity contribution in [2.75, 3.05) is 26.2 Å². The van der Waals surface area contributed by atoms with Gasteiger partial charge < -0.3 is 10.6 Å². The Labute approximate surface area is 212 Å². The molecule has 0 radical (unpaired) electrons. The highest BCUT2D eigenvalue weighted by atomic mass is 19.4. The molecule has 2 N–H and O–H groups in total. The van der Waals surface area contributed by atoms with Crippen molar-refractivity contribution >= 4 is 5.91 Å². The number of rotatable bonds is 5. The molecule has 1 amide bonds. The molecule has 4 rings (SSSR count). The SMILES string of the molecule is CC(NC(=O)C1(c2ccccc2)CCC(N2CCNCC2)CC1)c1cc(C(F)(F)F)cc(C(F)(F)F)c1. The molecule has 2 fully saturated rings. The molecule has 1 aliphatic heterocycles. The van der Waals surface area contributed by atoms with E-state index in [-0.39, 0.29) is 17.5 Å². The molecule has 37 heavy (non-hydrogen) atoms. The van der Waals surface area contributed by atoms with Crippen molar-refractivity contribution in [2.24, 2.45) is 0 Å². The lowest BCUT2D eigenvalue weighted by Gasteiger charge is -2.44. The molecule has 1 aliphatic carbocycles. The van der Waals surface area contributed by atoms with Crippen molar-refractivity contribution in [1.82, 2.24) is 15.5 Å². The zero-order valence-corrected chi connectivity index (χ0v) is 20.6. The molecule has 10 heteroatoms. The predicted molar refractivity (Wildman–Crippen MR) is 128 cm³/mol. The molecule has 2 aromatic carbocycles. The third-order valence-corrected chi connectivity index (χ3v) is 7.70. The van der Waals surface area contributed by atoms with Crippen LogP contribution in [0.2, 0.25) is 0 Å². The van der Waals surface area contributed by atoms with Gasteiger partial charge in [-0.1, -0.05) is 30.3 Å². The predicted octanol–water partition coefficient (Wildman–Crippen LogP) is 5.69. The van der Waals surface area contributed by atoms with Gasteiger partial charge in [0.2, 0.25) is 5.91 Å². The fourth-order valence-corrected chi connectivity index (χ4v) is 5.56. The number of carbonyl (C=O) groups is 1. The maximum Gasteiger partial charge on any atom is 0.416 e. The number of amides is 1. The van der Waals surface area contributed by atoms with Gasteiger partial charge in [0.25, 0.3) is 0 Å². The first-order valence-electron chi connectivity index (χ1n) is 12.5. The molecule has 1 unspecified atom stereocenters. The highest BCUT2D eigenvalue weighted by Crippen LogP contribution is 2.42. The molecule has 0 spiro atoms. The Hall–Kier alpha value is -2.59. The van der Waals surface area contributed by atoms with Crippen LogP contribution in [-0.2, 0) is 22.6 Å². The highest BCUT2D eigenvalue weighted by molar-refractivity contribution is 5.88. The summed E-state index contributed by atoms with van der Waals surface area (Å²) in [5, 5.41) is 6.09. The van der Waals surface area contributed by atoms with Crippen LogP contribution >= 0.6 is 0 Å². The van der Waals surface area contributed by atoms with Gasteiger partial charge >= 0.3 is 12.4 Å². The molecule has 1 saturated heterocycles. The van der Waals surface area contributed by atoms with E-state index < -0.39 is 34.9 Å². The number of hydrogen-bond acceptors (Lipinski definition) is 3. The van der Waals surface area contributed by atoms with Gasteiger partial charge in [-0.15, -0.1) is 0 Å². The van der Waals surface area contributed by atoms with E-state index in [0.717, 1.165) is 44.6 Å². The van der Waals surface area contributed by atoms with E-state index >= 15 is 0 Å². The Morgan fingerprint density at radius 2 is 1.49 bits per heavy atom. The Balaban J connectivity index is 1.59. The fourth-order valence-electron chi connectivity index (χ4n) is 5.56. The van der Waals surface area contributed by atoms with Crippen LogP contribution in [0.1, 0.15) is 60.9 Å². The van der Waals surface area contributed by atoms with E-state index in [4.69, 9.17) is 0 Å².